The molecule has 0 unspecified atom stereocenters. The Bertz CT molecular complexity index is 769. The number of carbonyl (C=O) groups is 1. The number of anilines is 1. The van der Waals surface area contributed by atoms with Crippen molar-refractivity contribution in [2.45, 2.75) is 6.92 Å². The Morgan fingerprint density at radius 1 is 1.35 bits per heavy atom. The van der Waals surface area contributed by atoms with Crippen molar-refractivity contribution in [1.82, 2.24) is 4.98 Å². The van der Waals surface area contributed by atoms with Gasteiger partial charge in [0.25, 0.3) is 0 Å². The number of nitrogens with two attached hydrogens (primary N) is 1. The largest absolute Gasteiger partial charge is 0.492 e. The first-order chi connectivity index (χ1) is 10.9. The van der Waals surface area contributed by atoms with Crippen LogP contribution >= 0.6 is 23.2 Å². The first-order valence-corrected chi connectivity index (χ1v) is 7.31. The van der Waals surface area contributed by atoms with Crippen molar-refractivity contribution < 1.29 is 18.7 Å². The molecule has 0 aliphatic heterocycles. The monoisotopic (exact) mass is 358 g/mol. The van der Waals surface area contributed by atoms with Crippen LogP contribution in [0.25, 0.3) is 11.3 Å². The Balaban J connectivity index is 2.64. The molecule has 122 valence electrons. The van der Waals surface area contributed by atoms with Crippen LogP contribution in [0.1, 0.15) is 17.4 Å². The number of halogens is 3. The standard InChI is InChI=1S/C15H13Cl2FN2O3/c1-3-23-12-4-7(9(18)5-8(12)16)11-6-10(19)13(17)14(20-11)15(21)22-2/h4-6H,3H2,1-2H3,(H2,19,20). The van der Waals surface area contributed by atoms with Gasteiger partial charge in [-0.2, -0.15) is 0 Å². The number of rotatable bonds is 4. The molecule has 0 radical (unpaired) electrons. The Hall–Kier alpha value is -2.05. The molecule has 1 aromatic carbocycles. The summed E-state index contributed by atoms with van der Waals surface area (Å²) in [6.45, 7) is 2.13. The number of methoxy groups -OCH3 is 1. The predicted molar refractivity (Wildman–Crippen MR) is 86.6 cm³/mol. The lowest BCUT2D eigenvalue weighted by Gasteiger charge is -2.12. The fraction of sp³-hybridized carbons (Fsp3) is 0.200. The molecule has 1 heterocycles. The lowest BCUT2D eigenvalue weighted by molar-refractivity contribution is 0.0594. The maximum absolute atomic E-state index is 14.2. The molecule has 23 heavy (non-hydrogen) atoms. The van der Waals surface area contributed by atoms with E-state index in [0.29, 0.717) is 12.4 Å². The number of hydrogen-bond acceptors (Lipinski definition) is 5. The highest BCUT2D eigenvalue weighted by Gasteiger charge is 2.20. The first kappa shape index (κ1) is 17.3. The fourth-order valence-electron chi connectivity index (χ4n) is 1.91. The fourth-order valence-corrected chi connectivity index (χ4v) is 2.29. The van der Waals surface area contributed by atoms with Crippen LogP contribution in [0, 0.1) is 5.82 Å². The molecule has 0 saturated carbocycles. The molecule has 0 atom stereocenters. The summed E-state index contributed by atoms with van der Waals surface area (Å²) in [6, 6.07) is 3.85. The number of nitrogen functional groups attached to an aromatic ring is 1. The lowest BCUT2D eigenvalue weighted by Crippen LogP contribution is -2.08. The molecule has 0 aliphatic rings. The number of ether oxygens (including phenoxy) is 2. The Kier molecular flexibility index (Phi) is 5.28. The van der Waals surface area contributed by atoms with E-state index in [0.717, 1.165) is 6.07 Å². The van der Waals surface area contributed by atoms with Gasteiger partial charge in [0.2, 0.25) is 0 Å². The van der Waals surface area contributed by atoms with Gasteiger partial charge in [0.05, 0.1) is 35.1 Å². The van der Waals surface area contributed by atoms with Crippen molar-refractivity contribution in [3.05, 3.63) is 39.8 Å². The van der Waals surface area contributed by atoms with Crippen LogP contribution in [0.2, 0.25) is 10.0 Å². The van der Waals surface area contributed by atoms with E-state index in [9.17, 15) is 9.18 Å². The van der Waals surface area contributed by atoms with Gasteiger partial charge in [-0.05, 0) is 25.1 Å². The average molecular weight is 359 g/mol. The van der Waals surface area contributed by atoms with E-state index in [2.05, 4.69) is 9.72 Å². The van der Waals surface area contributed by atoms with E-state index in [-0.39, 0.29) is 32.7 Å². The summed E-state index contributed by atoms with van der Waals surface area (Å²) in [4.78, 5) is 15.8. The van der Waals surface area contributed by atoms with Gasteiger partial charge in [-0.1, -0.05) is 23.2 Å². The number of nitrogens with zero attached hydrogens (tertiary/aromatic N) is 1. The van der Waals surface area contributed by atoms with Crippen molar-refractivity contribution in [3.8, 4) is 17.0 Å². The molecule has 0 fully saturated rings. The summed E-state index contributed by atoms with van der Waals surface area (Å²) < 4.78 is 24.2. The molecule has 0 saturated heterocycles. The minimum atomic E-state index is -0.775. The van der Waals surface area contributed by atoms with Crippen molar-refractivity contribution in [1.29, 1.82) is 0 Å². The molecule has 5 nitrogen and oxygen atoms in total. The van der Waals surface area contributed by atoms with Gasteiger partial charge in [-0.15, -0.1) is 0 Å². The zero-order valence-electron chi connectivity index (χ0n) is 12.3. The van der Waals surface area contributed by atoms with E-state index in [1.807, 2.05) is 0 Å². The van der Waals surface area contributed by atoms with E-state index in [1.165, 1.54) is 19.2 Å². The molecule has 8 heteroatoms. The van der Waals surface area contributed by atoms with Crippen molar-refractivity contribution in [2.75, 3.05) is 19.5 Å². The molecule has 0 amide bonds. The molecule has 0 spiro atoms. The molecule has 2 rings (SSSR count). The van der Waals surface area contributed by atoms with Crippen molar-refractivity contribution >= 4 is 34.9 Å². The van der Waals surface area contributed by atoms with E-state index in [4.69, 9.17) is 33.7 Å². The van der Waals surface area contributed by atoms with Gasteiger partial charge in [-0.3, -0.25) is 0 Å². The number of pyridine rings is 1. The van der Waals surface area contributed by atoms with Gasteiger partial charge in [0.1, 0.15) is 11.6 Å². The maximum atomic E-state index is 14.2. The third-order valence-electron chi connectivity index (χ3n) is 2.96. The van der Waals surface area contributed by atoms with E-state index >= 15 is 0 Å². The van der Waals surface area contributed by atoms with Crippen LogP contribution in [-0.4, -0.2) is 24.7 Å². The Morgan fingerprint density at radius 2 is 2.04 bits per heavy atom. The Morgan fingerprint density at radius 3 is 2.65 bits per heavy atom. The van der Waals surface area contributed by atoms with Crippen LogP contribution in [0.3, 0.4) is 0 Å². The highest BCUT2D eigenvalue weighted by molar-refractivity contribution is 6.35. The molecular weight excluding hydrogens is 346 g/mol. The maximum Gasteiger partial charge on any atom is 0.358 e. The number of esters is 1. The van der Waals surface area contributed by atoms with Crippen LogP contribution in [-0.2, 0) is 4.74 Å². The van der Waals surface area contributed by atoms with Gasteiger partial charge < -0.3 is 15.2 Å². The second-order valence-electron chi connectivity index (χ2n) is 4.45. The minimum absolute atomic E-state index is 0.0556. The Labute approximate surface area is 142 Å². The molecule has 2 N–H and O–H groups in total. The van der Waals surface area contributed by atoms with E-state index < -0.39 is 11.8 Å². The summed E-state index contributed by atoms with van der Waals surface area (Å²) >= 11 is 11.9. The SMILES string of the molecule is CCOc1cc(-c2cc(N)c(Cl)c(C(=O)OC)n2)c(F)cc1Cl. The normalized spacial score (nSPS) is 10.5. The van der Waals surface area contributed by atoms with Crippen LogP contribution in [0.15, 0.2) is 18.2 Å². The molecule has 2 aromatic rings. The van der Waals surface area contributed by atoms with E-state index in [1.54, 1.807) is 6.92 Å². The summed E-state index contributed by atoms with van der Waals surface area (Å²) in [6.07, 6.45) is 0. The number of aromatic nitrogens is 1. The van der Waals surface area contributed by atoms with Crippen LogP contribution in [0.5, 0.6) is 5.75 Å². The zero-order valence-corrected chi connectivity index (χ0v) is 13.8. The van der Waals surface area contributed by atoms with Crippen molar-refractivity contribution in [2.24, 2.45) is 0 Å². The van der Waals surface area contributed by atoms with Gasteiger partial charge in [0.15, 0.2) is 5.69 Å². The molecule has 0 bridgehead atoms. The minimum Gasteiger partial charge on any atom is -0.492 e. The third-order valence-corrected chi connectivity index (χ3v) is 3.65. The van der Waals surface area contributed by atoms with Crippen LogP contribution < -0.4 is 10.5 Å². The number of hydrogen-bond donors (Lipinski definition) is 1. The highest BCUT2D eigenvalue weighted by atomic mass is 35.5. The summed E-state index contributed by atoms with van der Waals surface area (Å²) in [5.74, 6) is -1.12. The number of benzene rings is 1. The molecule has 0 aliphatic carbocycles. The van der Waals surface area contributed by atoms with Gasteiger partial charge in [0, 0.05) is 5.56 Å². The van der Waals surface area contributed by atoms with Gasteiger partial charge in [-0.25, -0.2) is 14.2 Å². The summed E-state index contributed by atoms with van der Waals surface area (Å²) in [5, 5.41) is 0.0724. The second-order valence-corrected chi connectivity index (χ2v) is 5.23. The molecule has 1 aromatic heterocycles. The highest BCUT2D eigenvalue weighted by Crippen LogP contribution is 2.35. The smallest absolute Gasteiger partial charge is 0.358 e. The van der Waals surface area contributed by atoms with Gasteiger partial charge >= 0.3 is 5.97 Å². The second kappa shape index (κ2) is 7.02. The summed E-state index contributed by atoms with van der Waals surface area (Å²) in [5.41, 5.74) is 5.83. The van der Waals surface area contributed by atoms with Crippen LogP contribution in [0.4, 0.5) is 10.1 Å². The topological polar surface area (TPSA) is 74.4 Å². The van der Waals surface area contributed by atoms with Crippen molar-refractivity contribution in [3.63, 3.8) is 0 Å². The third kappa shape index (κ3) is 3.48. The number of carbonyl (C=O) groups excluding carboxylic acids is 1. The quantitative estimate of drug-likeness (QED) is 0.837. The molecular formula is C15H13Cl2FN2O3. The summed E-state index contributed by atoms with van der Waals surface area (Å²) in [7, 11) is 1.18. The lowest BCUT2D eigenvalue weighted by atomic mass is 10.1. The first-order valence-electron chi connectivity index (χ1n) is 6.55. The zero-order chi connectivity index (χ0) is 17.1. The predicted octanol–water partition coefficient (Wildman–Crippen LogP) is 3.96. The average Bonchev–Trinajstić information content (AvgIpc) is 2.52.